The summed E-state index contributed by atoms with van der Waals surface area (Å²) in [4.78, 5) is 24.2. The number of benzene rings is 2. The van der Waals surface area contributed by atoms with E-state index in [0.29, 0.717) is 34.3 Å². The van der Waals surface area contributed by atoms with Gasteiger partial charge in [-0.25, -0.2) is 13.4 Å². The molecule has 7 nitrogen and oxygen atoms in total. The van der Waals surface area contributed by atoms with Gasteiger partial charge in [0.15, 0.2) is 5.13 Å². The summed E-state index contributed by atoms with van der Waals surface area (Å²) in [6.07, 6.45) is 5.07. The Bertz CT molecular complexity index is 1440. The van der Waals surface area contributed by atoms with E-state index in [1.165, 1.54) is 27.8 Å². The van der Waals surface area contributed by atoms with Crippen molar-refractivity contribution in [3.05, 3.63) is 83.1 Å². The largest absolute Gasteiger partial charge is 0.279 e. The van der Waals surface area contributed by atoms with E-state index in [4.69, 9.17) is 11.6 Å². The van der Waals surface area contributed by atoms with Crippen LogP contribution in [0.25, 0.3) is 10.2 Å². The van der Waals surface area contributed by atoms with E-state index in [2.05, 4.69) is 9.97 Å². The van der Waals surface area contributed by atoms with Crippen LogP contribution in [0, 0.1) is 0 Å². The molecule has 1 amide bonds. The van der Waals surface area contributed by atoms with Gasteiger partial charge in [0, 0.05) is 31.0 Å². The Morgan fingerprint density at radius 2 is 1.83 bits per heavy atom. The molecule has 4 rings (SSSR count). The number of unbranched alkanes of at least 4 members (excludes halogenated alkanes) is 1. The maximum absolute atomic E-state index is 13.7. The van der Waals surface area contributed by atoms with E-state index in [0.717, 1.165) is 23.1 Å². The zero-order valence-electron chi connectivity index (χ0n) is 20.1. The molecule has 0 saturated carbocycles. The van der Waals surface area contributed by atoms with Crippen LogP contribution < -0.4 is 4.90 Å². The predicted molar refractivity (Wildman–Crippen MR) is 145 cm³/mol. The molecule has 0 saturated heterocycles. The third-order valence-electron chi connectivity index (χ3n) is 5.75. The summed E-state index contributed by atoms with van der Waals surface area (Å²) in [5.41, 5.74) is 1.83. The molecule has 0 bridgehead atoms. The lowest BCUT2D eigenvalue weighted by atomic mass is 10.2. The van der Waals surface area contributed by atoms with Crippen LogP contribution in [0.1, 0.15) is 42.6 Å². The van der Waals surface area contributed by atoms with Gasteiger partial charge < -0.3 is 0 Å². The maximum Gasteiger partial charge on any atom is 0.260 e. The Morgan fingerprint density at radius 1 is 1.06 bits per heavy atom. The number of hydrogen-bond donors (Lipinski definition) is 0. The number of para-hydroxylation sites is 1. The fraction of sp³-hybridized carbons (Fsp3) is 0.269. The van der Waals surface area contributed by atoms with Crippen molar-refractivity contribution in [1.82, 2.24) is 14.3 Å². The summed E-state index contributed by atoms with van der Waals surface area (Å²) in [5.74, 6) is -0.295. The van der Waals surface area contributed by atoms with Crippen molar-refractivity contribution in [2.45, 2.75) is 38.1 Å². The molecule has 10 heteroatoms. The third-order valence-corrected chi connectivity index (χ3v) is 9.09. The van der Waals surface area contributed by atoms with Crippen molar-refractivity contribution in [2.75, 3.05) is 18.0 Å². The molecule has 0 spiro atoms. The molecule has 0 N–H and O–H groups in total. The number of anilines is 1. The lowest BCUT2D eigenvalue weighted by Crippen LogP contribution is -2.32. The average Bonchev–Trinajstić information content (AvgIpc) is 3.33. The highest BCUT2D eigenvalue weighted by Crippen LogP contribution is 2.34. The number of amides is 1. The first-order valence-electron chi connectivity index (χ1n) is 11.7. The van der Waals surface area contributed by atoms with Crippen LogP contribution >= 0.6 is 22.9 Å². The number of carbonyl (C=O) groups excluding carboxylic acids is 1. The van der Waals surface area contributed by atoms with Crippen LogP contribution in [0.15, 0.2) is 71.9 Å². The molecule has 0 radical (unpaired) electrons. The van der Waals surface area contributed by atoms with Gasteiger partial charge in [-0.1, -0.05) is 55.3 Å². The van der Waals surface area contributed by atoms with Crippen molar-refractivity contribution in [3.63, 3.8) is 0 Å². The summed E-state index contributed by atoms with van der Waals surface area (Å²) in [6, 6.07) is 15.3. The number of halogens is 1. The summed E-state index contributed by atoms with van der Waals surface area (Å²) in [5, 5.41) is 1.02. The van der Waals surface area contributed by atoms with Gasteiger partial charge in [-0.15, -0.1) is 0 Å². The topological polar surface area (TPSA) is 83.5 Å². The Morgan fingerprint density at radius 3 is 2.47 bits per heavy atom. The van der Waals surface area contributed by atoms with Crippen molar-refractivity contribution in [1.29, 1.82) is 0 Å². The number of hydrogen-bond acceptors (Lipinski definition) is 6. The minimum atomic E-state index is -3.63. The molecule has 188 valence electrons. The average molecular weight is 543 g/mol. The molecule has 36 heavy (non-hydrogen) atoms. The second-order valence-electron chi connectivity index (χ2n) is 8.21. The Balaban J connectivity index is 1.67. The van der Waals surface area contributed by atoms with E-state index in [9.17, 15) is 13.2 Å². The molecule has 0 unspecified atom stereocenters. The standard InChI is InChI=1S/C26H27ClN4O3S2/c1-3-5-16-30(4-2)36(33,34)21-13-11-20(12-14-21)25(32)31(18-19-8-7-15-28-17-19)26-29-24-22(27)9-6-10-23(24)35-26/h6-15,17H,3-5,16,18H2,1-2H3. The van der Waals surface area contributed by atoms with E-state index in [-0.39, 0.29) is 17.3 Å². The van der Waals surface area contributed by atoms with Gasteiger partial charge >= 0.3 is 0 Å². The first-order valence-corrected chi connectivity index (χ1v) is 14.3. The zero-order chi connectivity index (χ0) is 25.7. The third kappa shape index (κ3) is 5.59. The Labute approximate surface area is 220 Å². The van der Waals surface area contributed by atoms with Gasteiger partial charge in [0.1, 0.15) is 5.52 Å². The zero-order valence-corrected chi connectivity index (χ0v) is 22.5. The van der Waals surface area contributed by atoms with Crippen molar-refractivity contribution >= 4 is 54.2 Å². The van der Waals surface area contributed by atoms with Crippen LogP contribution in [-0.4, -0.2) is 41.7 Å². The molecule has 2 heterocycles. The molecule has 2 aromatic heterocycles. The van der Waals surface area contributed by atoms with Gasteiger partial charge in [0.2, 0.25) is 10.0 Å². The van der Waals surface area contributed by atoms with Crippen LogP contribution in [0.5, 0.6) is 0 Å². The predicted octanol–water partition coefficient (Wildman–Crippen LogP) is 6.00. The van der Waals surface area contributed by atoms with Crippen molar-refractivity contribution in [3.8, 4) is 0 Å². The molecule has 0 aliphatic rings. The monoisotopic (exact) mass is 542 g/mol. The quantitative estimate of drug-likeness (QED) is 0.245. The SMILES string of the molecule is CCCCN(CC)S(=O)(=O)c1ccc(C(=O)N(Cc2cccnc2)c2nc3c(Cl)cccc3s2)cc1. The van der Waals surface area contributed by atoms with Crippen LogP contribution in [0.2, 0.25) is 5.02 Å². The molecular weight excluding hydrogens is 516 g/mol. The number of carbonyl (C=O) groups is 1. The molecule has 4 aromatic rings. The molecule has 0 aliphatic carbocycles. The van der Waals surface area contributed by atoms with Gasteiger partial charge in [0.25, 0.3) is 5.91 Å². The minimum Gasteiger partial charge on any atom is -0.279 e. The van der Waals surface area contributed by atoms with Gasteiger partial charge in [-0.3, -0.25) is 14.7 Å². The second kappa shape index (κ2) is 11.5. The summed E-state index contributed by atoms with van der Waals surface area (Å²) < 4.78 is 28.5. The summed E-state index contributed by atoms with van der Waals surface area (Å²) >= 11 is 7.70. The Hall–Kier alpha value is -2.85. The lowest BCUT2D eigenvalue weighted by molar-refractivity contribution is 0.0985. The molecule has 0 atom stereocenters. The van der Waals surface area contributed by atoms with Gasteiger partial charge in [-0.05, 0) is 54.4 Å². The second-order valence-corrected chi connectivity index (χ2v) is 11.6. The smallest absolute Gasteiger partial charge is 0.260 e. The first kappa shape index (κ1) is 26.2. The lowest BCUT2D eigenvalue weighted by Gasteiger charge is -2.21. The van der Waals surface area contributed by atoms with Gasteiger partial charge in [-0.2, -0.15) is 4.31 Å². The number of sulfonamides is 1. The van der Waals surface area contributed by atoms with E-state index >= 15 is 0 Å². The number of nitrogens with zero attached hydrogens (tertiary/aromatic N) is 4. The fourth-order valence-corrected chi connectivity index (χ4v) is 6.53. The number of aromatic nitrogens is 2. The number of rotatable bonds is 10. The van der Waals surface area contributed by atoms with E-state index in [1.54, 1.807) is 35.5 Å². The van der Waals surface area contributed by atoms with Crippen molar-refractivity contribution < 1.29 is 13.2 Å². The highest BCUT2D eigenvalue weighted by atomic mass is 35.5. The molecule has 2 aromatic carbocycles. The van der Waals surface area contributed by atoms with E-state index < -0.39 is 10.0 Å². The summed E-state index contributed by atoms with van der Waals surface area (Å²) in [7, 11) is -3.63. The maximum atomic E-state index is 13.7. The van der Waals surface area contributed by atoms with Gasteiger partial charge in [0.05, 0.1) is 21.2 Å². The number of fused-ring (bicyclic) bond motifs is 1. The molecule has 0 aliphatic heterocycles. The Kier molecular flexibility index (Phi) is 8.35. The molecular formula is C26H27ClN4O3S2. The summed E-state index contributed by atoms with van der Waals surface area (Å²) in [6.45, 7) is 4.96. The van der Waals surface area contributed by atoms with Crippen LogP contribution in [0.3, 0.4) is 0 Å². The number of thiazole rings is 1. The highest BCUT2D eigenvalue weighted by Gasteiger charge is 2.25. The fourth-order valence-electron chi connectivity index (χ4n) is 3.78. The first-order chi connectivity index (χ1) is 17.3. The number of pyridine rings is 1. The van der Waals surface area contributed by atoms with Crippen LogP contribution in [-0.2, 0) is 16.6 Å². The van der Waals surface area contributed by atoms with Crippen molar-refractivity contribution in [2.24, 2.45) is 0 Å². The van der Waals surface area contributed by atoms with Crippen LogP contribution in [0.4, 0.5) is 5.13 Å². The minimum absolute atomic E-state index is 0.169. The van der Waals surface area contributed by atoms with E-state index in [1.807, 2.05) is 38.1 Å². The molecule has 0 fully saturated rings. The normalized spacial score (nSPS) is 11.8. The highest BCUT2D eigenvalue weighted by molar-refractivity contribution is 7.89.